The fourth-order valence-electron chi connectivity index (χ4n) is 12.7. The van der Waals surface area contributed by atoms with Gasteiger partial charge in [-0.05, 0) is 140 Å². The molecule has 1 amide bonds. The summed E-state index contributed by atoms with van der Waals surface area (Å²) < 4.78 is 0. The Morgan fingerprint density at radius 2 is 1.04 bits per heavy atom. The lowest BCUT2D eigenvalue weighted by atomic mass is 9.60. The molecule has 0 radical (unpaired) electrons. The van der Waals surface area contributed by atoms with E-state index in [1.54, 1.807) is 30.3 Å². The zero-order valence-electron chi connectivity index (χ0n) is 41.7. The lowest BCUT2D eigenvalue weighted by Crippen LogP contribution is -2.39. The van der Waals surface area contributed by atoms with Crippen LogP contribution in [-0.2, 0) is 20.4 Å². The van der Waals surface area contributed by atoms with E-state index in [0.717, 1.165) is 63.1 Å². The molecule has 6 nitrogen and oxygen atoms in total. The van der Waals surface area contributed by atoms with Gasteiger partial charge in [0.05, 0.1) is 11.3 Å². The van der Waals surface area contributed by atoms with E-state index in [2.05, 4.69) is 175 Å². The number of aliphatic carboxylic acids is 1. The highest BCUT2D eigenvalue weighted by atomic mass is 32.1. The first kappa shape index (κ1) is 46.9. The molecule has 0 saturated heterocycles. The smallest absolute Gasteiger partial charge is 0.357 e. The van der Waals surface area contributed by atoms with E-state index >= 15 is 0 Å². The number of hydrogen-bond acceptors (Lipinski definition) is 5. The van der Waals surface area contributed by atoms with Gasteiger partial charge >= 0.3 is 5.97 Å². The second-order valence-electron chi connectivity index (χ2n) is 19.9. The zero-order valence-corrected chi connectivity index (χ0v) is 42.5. The Labute approximate surface area is 418 Å². The van der Waals surface area contributed by atoms with Crippen LogP contribution < -0.4 is 9.91 Å². The van der Waals surface area contributed by atoms with Crippen LogP contribution in [0.3, 0.4) is 0 Å². The van der Waals surface area contributed by atoms with Gasteiger partial charge in [-0.15, -0.1) is 11.3 Å². The molecule has 0 fully saturated rings. The van der Waals surface area contributed by atoms with Crippen molar-refractivity contribution in [1.82, 2.24) is 0 Å². The molecular weight excluding hydrogens is 879 g/mol. The monoisotopic (exact) mass is 941 g/mol. The minimum Gasteiger partial charge on any atom is -0.476 e. The Hall–Kier alpha value is -6.83. The molecule has 7 aromatic rings. The number of amides is 1. The van der Waals surface area contributed by atoms with Crippen LogP contribution in [0.1, 0.15) is 108 Å². The molecule has 6 aromatic carbocycles. The maximum absolute atomic E-state index is 13.6. The van der Waals surface area contributed by atoms with Crippen LogP contribution in [0.5, 0.6) is 0 Å². The number of fused-ring (bicyclic) bond motifs is 6. The number of carboxylic acid groups (broad SMARTS) is 1. The Kier molecular flexibility index (Phi) is 12.4. The number of hydrogen-bond donors (Lipinski definition) is 1. The Morgan fingerprint density at radius 1 is 0.586 bits per heavy atom. The molecule has 1 N–H and O–H groups in total. The summed E-state index contributed by atoms with van der Waals surface area (Å²) >= 11 is 1.52. The molecule has 1 aromatic heterocycles. The third-order valence-corrected chi connectivity index (χ3v) is 17.8. The highest BCUT2D eigenvalue weighted by molar-refractivity contribution is 7.16. The van der Waals surface area contributed by atoms with Gasteiger partial charge in [-0.3, -0.25) is 4.79 Å². The van der Waals surface area contributed by atoms with Crippen molar-refractivity contribution in [3.8, 4) is 32.7 Å². The largest absolute Gasteiger partial charge is 0.476 e. The zero-order chi connectivity index (χ0) is 49.1. The minimum atomic E-state index is -1.24. The topological polar surface area (TPSA) is 73.2 Å². The second-order valence-corrected chi connectivity index (χ2v) is 21.0. The van der Waals surface area contributed by atoms with Gasteiger partial charge in [0.25, 0.3) is 5.91 Å². The first-order chi connectivity index (χ1) is 33.9. The van der Waals surface area contributed by atoms with Gasteiger partial charge in [-0.2, -0.15) is 10.1 Å². The van der Waals surface area contributed by atoms with Crippen molar-refractivity contribution in [2.75, 3.05) is 9.91 Å². The summed E-state index contributed by atoms with van der Waals surface area (Å²) in [5.74, 6) is -0.0377. The molecule has 4 atom stereocenters. The van der Waals surface area contributed by atoms with Crippen molar-refractivity contribution >= 4 is 57.8 Å². The third-order valence-electron chi connectivity index (χ3n) is 16.7. The number of para-hydroxylation sites is 1. The van der Waals surface area contributed by atoms with Crippen LogP contribution in [-0.4, -0.2) is 22.7 Å². The van der Waals surface area contributed by atoms with Gasteiger partial charge in [0.15, 0.2) is 5.71 Å². The number of benzene rings is 6. The van der Waals surface area contributed by atoms with Crippen molar-refractivity contribution in [2.24, 2.45) is 28.8 Å². The number of carboxylic acids is 1. The van der Waals surface area contributed by atoms with E-state index in [0.29, 0.717) is 29.4 Å². The lowest BCUT2D eigenvalue weighted by Gasteiger charge is -2.43. The van der Waals surface area contributed by atoms with Crippen LogP contribution in [0.15, 0.2) is 162 Å². The van der Waals surface area contributed by atoms with Crippen molar-refractivity contribution in [2.45, 2.75) is 91.9 Å². The number of carbonyl (C=O) groups excluding carboxylic acids is 1. The predicted molar refractivity (Wildman–Crippen MR) is 292 cm³/mol. The number of anilines is 4. The highest BCUT2D eigenvalue weighted by Crippen LogP contribution is 2.61. The van der Waals surface area contributed by atoms with Crippen LogP contribution >= 0.6 is 11.3 Å². The first-order valence-electron chi connectivity index (χ1n) is 25.4. The quantitative estimate of drug-likeness (QED) is 0.104. The number of nitrogens with zero attached hydrogens (tertiary/aromatic N) is 3. The first-order valence-corrected chi connectivity index (χ1v) is 26.2. The van der Waals surface area contributed by atoms with Crippen LogP contribution in [0.25, 0.3) is 38.8 Å². The van der Waals surface area contributed by atoms with Crippen molar-refractivity contribution in [1.29, 1.82) is 0 Å². The Bertz CT molecular complexity index is 3060. The summed E-state index contributed by atoms with van der Waals surface area (Å²) in [6.07, 6.45) is 5.95. The van der Waals surface area contributed by atoms with Crippen molar-refractivity contribution in [3.05, 3.63) is 184 Å². The van der Waals surface area contributed by atoms with E-state index in [9.17, 15) is 14.7 Å². The van der Waals surface area contributed by atoms with E-state index in [1.807, 2.05) is 18.2 Å². The lowest BCUT2D eigenvalue weighted by molar-refractivity contribution is -0.129. The van der Waals surface area contributed by atoms with E-state index in [-0.39, 0.29) is 22.1 Å². The van der Waals surface area contributed by atoms with Gasteiger partial charge in [0.2, 0.25) is 0 Å². The van der Waals surface area contributed by atoms with E-state index in [4.69, 9.17) is 0 Å². The molecule has 0 saturated carbocycles. The average molecular weight is 942 g/mol. The summed E-state index contributed by atoms with van der Waals surface area (Å²) in [6, 6.07) is 54.5. The molecule has 7 heteroatoms. The molecule has 0 bridgehead atoms. The van der Waals surface area contributed by atoms with Crippen molar-refractivity contribution in [3.63, 3.8) is 0 Å². The fourth-order valence-corrected chi connectivity index (χ4v) is 13.7. The molecule has 70 heavy (non-hydrogen) atoms. The fraction of sp³-hybridized carbons (Fsp3) is 0.286. The van der Waals surface area contributed by atoms with Crippen molar-refractivity contribution < 1.29 is 14.7 Å². The average Bonchev–Trinajstić information content (AvgIpc) is 4.15. The highest BCUT2D eigenvalue weighted by Gasteiger charge is 2.51. The molecule has 10 rings (SSSR count). The SMILES string of the molecule is CCC(C)C1(C(C)CC)c2ccccc2-c2ccc(N(c3ccc(-c4ccc(/C=C5\C(=O)N(c6ccccc6)N=C5C(=O)O)s4)cc3)c3ccc4c(c3)C(C(C)CC)(C(C)CC)c3ccccc3-4)cc21. The van der Waals surface area contributed by atoms with Gasteiger partial charge in [0, 0.05) is 37.6 Å². The van der Waals surface area contributed by atoms with E-state index < -0.39 is 11.9 Å². The Morgan fingerprint density at radius 3 is 1.53 bits per heavy atom. The van der Waals surface area contributed by atoms with Gasteiger partial charge in [-0.1, -0.05) is 172 Å². The van der Waals surface area contributed by atoms with Crippen LogP contribution in [0, 0.1) is 23.7 Å². The number of rotatable bonds is 15. The van der Waals surface area contributed by atoms with Crippen LogP contribution in [0.2, 0.25) is 0 Å². The molecule has 354 valence electrons. The van der Waals surface area contributed by atoms with Gasteiger partial charge in [-0.25, -0.2) is 4.79 Å². The normalized spacial score (nSPS) is 20.1. The molecule has 2 heterocycles. The summed E-state index contributed by atoms with van der Waals surface area (Å²) in [5.41, 5.74) is 15.5. The molecule has 1 aliphatic heterocycles. The molecule has 0 spiro atoms. The third kappa shape index (κ3) is 7.14. The molecule has 2 aliphatic carbocycles. The summed E-state index contributed by atoms with van der Waals surface area (Å²) in [4.78, 5) is 30.2. The van der Waals surface area contributed by atoms with Gasteiger partial charge < -0.3 is 10.0 Å². The van der Waals surface area contributed by atoms with Gasteiger partial charge in [0.1, 0.15) is 0 Å². The maximum atomic E-state index is 13.6. The standard InChI is InChI=1S/C63H63N3O3S/c1-9-39(5)62(40(6)10-2)54-24-18-16-22-49(54)51-33-30-46(36-56(51)62)65(47-31-34-52-50-23-17-19-25-55(50)63(41(7)11-3,42(8)12-4)57(52)37-47)44-28-26-43(27-29-44)58-35-32-48(70-58)38-53-59(61(68)69)64-66(60(53)67)45-20-14-13-15-21-45/h13-42H,9-12H2,1-8H3,(H,68,69)/b53-38-. The number of hydrazone groups is 1. The maximum Gasteiger partial charge on any atom is 0.357 e. The van der Waals surface area contributed by atoms with Crippen LogP contribution in [0.4, 0.5) is 22.7 Å². The number of carbonyl (C=O) groups is 2. The summed E-state index contributed by atoms with van der Waals surface area (Å²) in [6.45, 7) is 19.2. The summed E-state index contributed by atoms with van der Waals surface area (Å²) in [7, 11) is 0. The molecule has 4 unspecified atom stereocenters. The molecule has 3 aliphatic rings. The second kappa shape index (κ2) is 18.5. The summed E-state index contributed by atoms with van der Waals surface area (Å²) in [5, 5.41) is 15.5. The Balaban J connectivity index is 1.11. The minimum absolute atomic E-state index is 0.0574. The predicted octanol–water partition coefficient (Wildman–Crippen LogP) is 16.5. The van der Waals surface area contributed by atoms with E-state index in [1.165, 1.54) is 55.8 Å². The molecular formula is C63H63N3O3S. The number of thiophene rings is 1.